The Morgan fingerprint density at radius 2 is 1.94 bits per heavy atom. The molecule has 2 heterocycles. The molecule has 5 nitrogen and oxygen atoms in total. The molecule has 84 valence electrons. The van der Waals surface area contributed by atoms with Crippen molar-refractivity contribution in [3.63, 3.8) is 0 Å². The van der Waals surface area contributed by atoms with Gasteiger partial charge in [-0.3, -0.25) is 14.8 Å². The summed E-state index contributed by atoms with van der Waals surface area (Å²) in [4.78, 5) is 31.7. The molecule has 0 saturated heterocycles. The molecule has 0 amide bonds. The highest BCUT2D eigenvalue weighted by molar-refractivity contribution is 5.90. The molecule has 0 bridgehead atoms. The Morgan fingerprint density at radius 3 is 2.76 bits per heavy atom. The first kappa shape index (κ1) is 9.77. The molecule has 3 aromatic rings. The smallest absolute Gasteiger partial charge is 0.291 e. The molecule has 0 unspecified atom stereocenters. The predicted octanol–water partition coefficient (Wildman–Crippen LogP) is 1.07. The Hall–Kier alpha value is -2.43. The maximum atomic E-state index is 11.6. The average Bonchev–Trinajstić information content (AvgIpc) is 2.26. The van der Waals surface area contributed by atoms with Crippen LogP contribution >= 0.6 is 0 Å². The van der Waals surface area contributed by atoms with E-state index in [1.165, 1.54) is 0 Å². The maximum absolute atomic E-state index is 11.6. The molecular weight excluding hydrogens is 218 g/mol. The molecule has 0 aliphatic heterocycles. The van der Waals surface area contributed by atoms with Gasteiger partial charge in [0.1, 0.15) is 5.65 Å². The minimum absolute atomic E-state index is 0.317. The van der Waals surface area contributed by atoms with Crippen LogP contribution in [-0.2, 0) is 0 Å². The summed E-state index contributed by atoms with van der Waals surface area (Å²) in [6.07, 6.45) is 0. The van der Waals surface area contributed by atoms with Gasteiger partial charge in [-0.05, 0) is 24.6 Å². The van der Waals surface area contributed by atoms with Gasteiger partial charge in [0.25, 0.3) is 5.56 Å². The van der Waals surface area contributed by atoms with Crippen molar-refractivity contribution in [2.45, 2.75) is 6.92 Å². The van der Waals surface area contributed by atoms with Gasteiger partial charge in [-0.2, -0.15) is 0 Å². The Bertz CT molecular complexity index is 846. The number of pyridine rings is 1. The molecule has 5 heteroatoms. The number of H-pyrrole nitrogens is 2. The van der Waals surface area contributed by atoms with Crippen LogP contribution in [0.1, 0.15) is 5.56 Å². The highest BCUT2D eigenvalue weighted by atomic mass is 16.2. The van der Waals surface area contributed by atoms with Gasteiger partial charge in [0.2, 0.25) is 0 Å². The molecule has 1 aromatic carbocycles. The number of aromatic nitrogens is 3. The summed E-state index contributed by atoms with van der Waals surface area (Å²) < 4.78 is 0. The number of nitrogens with one attached hydrogen (secondary N) is 2. The van der Waals surface area contributed by atoms with E-state index in [0.29, 0.717) is 11.0 Å². The second kappa shape index (κ2) is 3.28. The molecule has 0 aliphatic rings. The SMILES string of the molecule is Cc1ccc2cc3c(=O)[nH]c(=O)[nH]c3nc2c1. The Balaban J connectivity index is 2.56. The fourth-order valence-electron chi connectivity index (χ4n) is 1.85. The third-order valence-electron chi connectivity index (χ3n) is 2.68. The second-order valence-corrected chi connectivity index (χ2v) is 3.99. The van der Waals surface area contributed by atoms with Crippen LogP contribution in [-0.4, -0.2) is 15.0 Å². The van der Waals surface area contributed by atoms with Crippen molar-refractivity contribution in [2.24, 2.45) is 0 Å². The molecule has 0 saturated carbocycles. The van der Waals surface area contributed by atoms with Gasteiger partial charge >= 0.3 is 5.69 Å². The summed E-state index contributed by atoms with van der Waals surface area (Å²) in [6, 6.07) is 7.50. The van der Waals surface area contributed by atoms with E-state index in [1.54, 1.807) is 6.07 Å². The van der Waals surface area contributed by atoms with E-state index in [-0.39, 0.29) is 0 Å². The fourth-order valence-corrected chi connectivity index (χ4v) is 1.85. The second-order valence-electron chi connectivity index (χ2n) is 3.99. The van der Waals surface area contributed by atoms with Crippen molar-refractivity contribution >= 4 is 21.9 Å². The van der Waals surface area contributed by atoms with E-state index in [0.717, 1.165) is 16.5 Å². The van der Waals surface area contributed by atoms with Crippen LogP contribution in [0.2, 0.25) is 0 Å². The molecule has 0 aliphatic carbocycles. The van der Waals surface area contributed by atoms with Crippen molar-refractivity contribution in [1.29, 1.82) is 0 Å². The zero-order chi connectivity index (χ0) is 12.0. The molecule has 17 heavy (non-hydrogen) atoms. The van der Waals surface area contributed by atoms with E-state index < -0.39 is 11.2 Å². The number of fused-ring (bicyclic) bond motifs is 2. The maximum Gasteiger partial charge on any atom is 0.327 e. The van der Waals surface area contributed by atoms with Crippen LogP contribution in [0.25, 0.3) is 21.9 Å². The third-order valence-corrected chi connectivity index (χ3v) is 2.68. The first-order chi connectivity index (χ1) is 8.13. The number of benzene rings is 1. The molecule has 0 radical (unpaired) electrons. The summed E-state index contributed by atoms with van der Waals surface area (Å²) >= 11 is 0. The summed E-state index contributed by atoms with van der Waals surface area (Å²) in [7, 11) is 0. The van der Waals surface area contributed by atoms with Crippen molar-refractivity contribution in [1.82, 2.24) is 15.0 Å². The number of hydrogen-bond donors (Lipinski definition) is 2. The Labute approximate surface area is 95.1 Å². The van der Waals surface area contributed by atoms with Crippen LogP contribution in [0.3, 0.4) is 0 Å². The van der Waals surface area contributed by atoms with Gasteiger partial charge in [0, 0.05) is 5.39 Å². The van der Waals surface area contributed by atoms with Crippen LogP contribution < -0.4 is 11.2 Å². The van der Waals surface area contributed by atoms with Crippen LogP contribution in [0.15, 0.2) is 33.9 Å². The summed E-state index contributed by atoms with van der Waals surface area (Å²) in [6.45, 7) is 1.96. The number of hydrogen-bond acceptors (Lipinski definition) is 3. The lowest BCUT2D eigenvalue weighted by atomic mass is 10.1. The minimum Gasteiger partial charge on any atom is -0.291 e. The van der Waals surface area contributed by atoms with Crippen molar-refractivity contribution in [3.05, 3.63) is 50.7 Å². The normalized spacial score (nSPS) is 11.1. The molecule has 0 spiro atoms. The largest absolute Gasteiger partial charge is 0.327 e. The number of aryl methyl sites for hydroxylation is 1. The quantitative estimate of drug-likeness (QED) is 0.564. The van der Waals surface area contributed by atoms with Crippen LogP contribution in [0, 0.1) is 6.92 Å². The average molecular weight is 227 g/mol. The molecule has 2 aromatic heterocycles. The zero-order valence-electron chi connectivity index (χ0n) is 9.07. The van der Waals surface area contributed by atoms with E-state index in [9.17, 15) is 9.59 Å². The van der Waals surface area contributed by atoms with Gasteiger partial charge < -0.3 is 0 Å². The lowest BCUT2D eigenvalue weighted by Gasteiger charge is -2.01. The standard InChI is InChI=1S/C12H9N3O2/c1-6-2-3-7-5-8-10(13-9(7)4-6)14-12(17)15-11(8)16/h2-5H,1H3,(H2,13,14,15,16,17). The van der Waals surface area contributed by atoms with Crippen LogP contribution in [0.5, 0.6) is 0 Å². The van der Waals surface area contributed by atoms with E-state index in [4.69, 9.17) is 0 Å². The fraction of sp³-hybridized carbons (Fsp3) is 0.0833. The Kier molecular flexibility index (Phi) is 1.89. The molecule has 0 fully saturated rings. The molecule has 0 atom stereocenters. The third kappa shape index (κ3) is 1.52. The summed E-state index contributed by atoms with van der Waals surface area (Å²) in [5.41, 5.74) is 1.20. The van der Waals surface area contributed by atoms with Crippen molar-refractivity contribution in [3.8, 4) is 0 Å². The summed E-state index contributed by atoms with van der Waals surface area (Å²) in [5, 5.41) is 1.27. The van der Waals surface area contributed by atoms with Crippen molar-refractivity contribution < 1.29 is 0 Å². The van der Waals surface area contributed by atoms with Gasteiger partial charge in [-0.25, -0.2) is 9.78 Å². The zero-order valence-corrected chi connectivity index (χ0v) is 9.07. The monoisotopic (exact) mass is 227 g/mol. The topological polar surface area (TPSA) is 78.6 Å². The lowest BCUT2D eigenvalue weighted by Crippen LogP contribution is -2.22. The van der Waals surface area contributed by atoms with Gasteiger partial charge in [0.15, 0.2) is 0 Å². The van der Waals surface area contributed by atoms with Gasteiger partial charge in [-0.15, -0.1) is 0 Å². The Morgan fingerprint density at radius 1 is 1.12 bits per heavy atom. The molecule has 2 N–H and O–H groups in total. The van der Waals surface area contributed by atoms with Crippen molar-refractivity contribution in [2.75, 3.05) is 0 Å². The number of aromatic amines is 2. The molecular formula is C12H9N3O2. The highest BCUT2D eigenvalue weighted by Gasteiger charge is 2.04. The van der Waals surface area contributed by atoms with E-state index in [1.807, 2.05) is 25.1 Å². The number of nitrogens with zero attached hydrogens (tertiary/aromatic N) is 1. The summed E-state index contributed by atoms with van der Waals surface area (Å²) in [5.74, 6) is 0. The predicted molar refractivity (Wildman–Crippen MR) is 65.2 cm³/mol. The first-order valence-corrected chi connectivity index (χ1v) is 5.17. The van der Waals surface area contributed by atoms with Gasteiger partial charge in [0.05, 0.1) is 10.9 Å². The highest BCUT2D eigenvalue weighted by Crippen LogP contribution is 2.16. The first-order valence-electron chi connectivity index (χ1n) is 5.17. The lowest BCUT2D eigenvalue weighted by molar-refractivity contribution is 1.07. The van der Waals surface area contributed by atoms with Gasteiger partial charge in [-0.1, -0.05) is 12.1 Å². The van der Waals surface area contributed by atoms with E-state index >= 15 is 0 Å². The number of rotatable bonds is 0. The van der Waals surface area contributed by atoms with E-state index in [2.05, 4.69) is 15.0 Å². The molecule has 3 rings (SSSR count). The van der Waals surface area contributed by atoms with Crippen LogP contribution in [0.4, 0.5) is 0 Å². The minimum atomic E-state index is -0.540.